The van der Waals surface area contributed by atoms with Crippen LogP contribution >= 0.6 is 0 Å². The van der Waals surface area contributed by atoms with Gasteiger partial charge in [-0.25, -0.2) is 0 Å². The van der Waals surface area contributed by atoms with Crippen molar-refractivity contribution in [3.05, 3.63) is 54.7 Å². The van der Waals surface area contributed by atoms with E-state index in [0.29, 0.717) is 36.8 Å². The van der Waals surface area contributed by atoms with E-state index in [0.717, 1.165) is 10.9 Å². The minimum absolute atomic E-state index is 0.0925. The number of likely N-dealkylation sites (N-methyl/N-ethyl adjacent to an activating group) is 1. The maximum Gasteiger partial charge on any atom is 0.242 e. The van der Waals surface area contributed by atoms with Gasteiger partial charge < -0.3 is 24.3 Å². The third-order valence-corrected chi connectivity index (χ3v) is 5.13. The third kappa shape index (κ3) is 5.57. The highest BCUT2D eigenvalue weighted by Gasteiger charge is 2.12. The Kier molecular flexibility index (Phi) is 7.54. The lowest BCUT2D eigenvalue weighted by atomic mass is 10.2. The van der Waals surface area contributed by atoms with E-state index in [9.17, 15) is 9.59 Å². The number of benzene rings is 2. The van der Waals surface area contributed by atoms with Crippen LogP contribution in [0.4, 0.5) is 5.69 Å². The highest BCUT2D eigenvalue weighted by molar-refractivity contribution is 5.94. The topological polar surface area (TPSA) is 72.8 Å². The summed E-state index contributed by atoms with van der Waals surface area (Å²) in [5, 5.41) is 3.87. The Morgan fingerprint density at radius 3 is 2.48 bits per heavy atom. The van der Waals surface area contributed by atoms with Crippen LogP contribution in [0.5, 0.6) is 11.5 Å². The molecule has 0 atom stereocenters. The normalized spacial score (nSPS) is 10.7. The van der Waals surface area contributed by atoms with Crippen LogP contribution in [0.2, 0.25) is 0 Å². The lowest BCUT2D eigenvalue weighted by Crippen LogP contribution is -2.33. The molecule has 1 aromatic heterocycles. The van der Waals surface area contributed by atoms with Gasteiger partial charge in [0.05, 0.1) is 20.1 Å². The van der Waals surface area contributed by atoms with Gasteiger partial charge in [0.15, 0.2) is 11.5 Å². The number of aromatic nitrogens is 1. The Morgan fingerprint density at radius 2 is 1.77 bits per heavy atom. The number of ether oxygens (including phenoxy) is 2. The maximum absolute atomic E-state index is 12.4. The van der Waals surface area contributed by atoms with Crippen LogP contribution in [-0.4, -0.2) is 48.1 Å². The fraction of sp³-hybridized carbons (Fsp3) is 0.333. The number of nitrogens with zero attached hydrogens (tertiary/aromatic N) is 2. The van der Waals surface area contributed by atoms with Crippen molar-refractivity contribution in [2.45, 2.75) is 26.8 Å². The van der Waals surface area contributed by atoms with Gasteiger partial charge in [-0.2, -0.15) is 0 Å². The molecule has 1 N–H and O–H groups in total. The maximum atomic E-state index is 12.4. The number of para-hydroxylation sites is 2. The molecule has 164 valence electrons. The number of hydrogen-bond acceptors (Lipinski definition) is 4. The summed E-state index contributed by atoms with van der Waals surface area (Å²) >= 11 is 0. The molecule has 0 saturated heterocycles. The lowest BCUT2D eigenvalue weighted by Gasteiger charge is -2.19. The number of carbonyl (C=O) groups is 2. The monoisotopic (exact) mass is 423 g/mol. The Balaban J connectivity index is 1.57. The van der Waals surface area contributed by atoms with Gasteiger partial charge in [0.2, 0.25) is 11.8 Å². The van der Waals surface area contributed by atoms with E-state index in [1.165, 1.54) is 0 Å². The number of carbonyl (C=O) groups excluding carboxylic acids is 2. The lowest BCUT2D eigenvalue weighted by molar-refractivity contribution is -0.131. The first kappa shape index (κ1) is 22.2. The summed E-state index contributed by atoms with van der Waals surface area (Å²) in [7, 11) is 1.58. The molecule has 0 aliphatic heterocycles. The molecule has 3 rings (SSSR count). The average molecular weight is 424 g/mol. The molecule has 0 fully saturated rings. The van der Waals surface area contributed by atoms with Crippen molar-refractivity contribution in [2.24, 2.45) is 0 Å². The first-order valence-electron chi connectivity index (χ1n) is 10.5. The minimum atomic E-state index is -0.134. The third-order valence-electron chi connectivity index (χ3n) is 5.13. The van der Waals surface area contributed by atoms with Crippen molar-refractivity contribution in [1.82, 2.24) is 9.47 Å². The number of methoxy groups -OCH3 is 1. The van der Waals surface area contributed by atoms with Crippen LogP contribution in [0.15, 0.2) is 54.7 Å². The van der Waals surface area contributed by atoms with Gasteiger partial charge in [-0.3, -0.25) is 9.59 Å². The number of amides is 2. The Bertz CT molecular complexity index is 1040. The fourth-order valence-electron chi connectivity index (χ4n) is 3.45. The molecule has 1 heterocycles. The van der Waals surface area contributed by atoms with E-state index in [-0.39, 0.29) is 24.8 Å². The van der Waals surface area contributed by atoms with Gasteiger partial charge in [-0.15, -0.1) is 0 Å². The van der Waals surface area contributed by atoms with Crippen LogP contribution in [-0.2, 0) is 16.1 Å². The number of nitrogens with one attached hydrogen (secondary N) is 1. The number of hydrogen-bond donors (Lipinski definition) is 1. The van der Waals surface area contributed by atoms with E-state index in [4.69, 9.17) is 9.47 Å². The molecule has 2 amide bonds. The second-order valence-electron chi connectivity index (χ2n) is 7.08. The molecule has 31 heavy (non-hydrogen) atoms. The fourth-order valence-corrected chi connectivity index (χ4v) is 3.45. The molecular weight excluding hydrogens is 394 g/mol. The van der Waals surface area contributed by atoms with Crippen LogP contribution in [0.3, 0.4) is 0 Å². The summed E-state index contributed by atoms with van der Waals surface area (Å²) in [6.45, 7) is 5.91. The van der Waals surface area contributed by atoms with Crippen molar-refractivity contribution in [3.8, 4) is 11.5 Å². The zero-order valence-corrected chi connectivity index (χ0v) is 18.3. The SMILES string of the molecule is CCN(CC)C(=O)Cn1ccc2cc(NC(=O)CCOc3ccccc3OC)ccc21. The van der Waals surface area contributed by atoms with Crippen molar-refractivity contribution in [3.63, 3.8) is 0 Å². The molecule has 3 aromatic rings. The molecule has 2 aromatic carbocycles. The summed E-state index contributed by atoms with van der Waals surface area (Å²) in [4.78, 5) is 26.5. The van der Waals surface area contributed by atoms with Gasteiger partial charge in [-0.1, -0.05) is 12.1 Å². The zero-order chi connectivity index (χ0) is 22.2. The van der Waals surface area contributed by atoms with Crippen molar-refractivity contribution in [1.29, 1.82) is 0 Å². The molecule has 0 saturated carbocycles. The van der Waals surface area contributed by atoms with E-state index in [1.54, 1.807) is 13.2 Å². The minimum Gasteiger partial charge on any atom is -0.493 e. The molecular formula is C24H29N3O4. The van der Waals surface area contributed by atoms with E-state index < -0.39 is 0 Å². The van der Waals surface area contributed by atoms with Gasteiger partial charge in [-0.05, 0) is 50.2 Å². The first-order chi connectivity index (χ1) is 15.0. The summed E-state index contributed by atoms with van der Waals surface area (Å²) in [6, 6.07) is 15.0. The zero-order valence-electron chi connectivity index (χ0n) is 18.3. The molecule has 0 aliphatic carbocycles. The second kappa shape index (κ2) is 10.5. The van der Waals surface area contributed by atoms with Crippen molar-refractivity contribution < 1.29 is 19.1 Å². The summed E-state index contributed by atoms with van der Waals surface area (Å²) in [5.41, 5.74) is 1.67. The van der Waals surface area contributed by atoms with Gasteiger partial charge in [0, 0.05) is 35.9 Å². The largest absolute Gasteiger partial charge is 0.493 e. The van der Waals surface area contributed by atoms with E-state index in [2.05, 4.69) is 5.32 Å². The van der Waals surface area contributed by atoms with Crippen LogP contribution in [0, 0.1) is 0 Å². The molecule has 7 heteroatoms. The van der Waals surface area contributed by atoms with Crippen LogP contribution in [0.25, 0.3) is 10.9 Å². The van der Waals surface area contributed by atoms with Crippen molar-refractivity contribution >= 4 is 28.4 Å². The number of rotatable bonds is 10. The number of anilines is 1. The van der Waals surface area contributed by atoms with Gasteiger partial charge in [0.25, 0.3) is 0 Å². The molecule has 0 aliphatic rings. The van der Waals surface area contributed by atoms with Crippen LogP contribution < -0.4 is 14.8 Å². The summed E-state index contributed by atoms with van der Waals surface area (Å²) in [6.07, 6.45) is 2.12. The quantitative estimate of drug-likeness (QED) is 0.536. The predicted molar refractivity (Wildman–Crippen MR) is 122 cm³/mol. The number of fused-ring (bicyclic) bond motifs is 1. The Labute approximate surface area is 182 Å². The average Bonchev–Trinajstić information content (AvgIpc) is 3.16. The molecule has 0 radical (unpaired) electrons. The van der Waals surface area contributed by atoms with E-state index in [1.807, 2.05) is 72.0 Å². The molecule has 0 unspecified atom stereocenters. The predicted octanol–water partition coefficient (Wildman–Crippen LogP) is 3.93. The summed E-state index contributed by atoms with van der Waals surface area (Å²) < 4.78 is 12.8. The van der Waals surface area contributed by atoms with Crippen molar-refractivity contribution in [2.75, 3.05) is 32.1 Å². The Hall–Kier alpha value is -3.48. The smallest absolute Gasteiger partial charge is 0.242 e. The van der Waals surface area contributed by atoms with Crippen LogP contribution in [0.1, 0.15) is 20.3 Å². The highest BCUT2D eigenvalue weighted by atomic mass is 16.5. The van der Waals surface area contributed by atoms with E-state index >= 15 is 0 Å². The second-order valence-corrected chi connectivity index (χ2v) is 7.08. The standard InChI is InChI=1S/C24H29N3O4/c1-4-26(5-2)24(29)17-27-14-12-18-16-19(10-11-20(18)27)25-23(28)13-15-31-22-9-7-6-8-21(22)30-3/h6-12,14,16H,4-5,13,15,17H2,1-3H3,(H,25,28). The molecule has 7 nitrogen and oxygen atoms in total. The van der Waals surface area contributed by atoms with Gasteiger partial charge in [0.1, 0.15) is 6.54 Å². The van der Waals surface area contributed by atoms with Gasteiger partial charge >= 0.3 is 0 Å². The molecule has 0 bridgehead atoms. The summed E-state index contributed by atoms with van der Waals surface area (Å²) in [5.74, 6) is 1.21. The molecule has 0 spiro atoms. The highest BCUT2D eigenvalue weighted by Crippen LogP contribution is 2.26. The first-order valence-corrected chi connectivity index (χ1v) is 10.5. The Morgan fingerprint density at radius 1 is 1.03 bits per heavy atom.